The lowest BCUT2D eigenvalue weighted by Crippen LogP contribution is -2.57. The number of hydrogen-bond donors (Lipinski definition) is 1. The molecular weight excluding hydrogens is 283 g/mol. The summed E-state index contributed by atoms with van der Waals surface area (Å²) in [6.45, 7) is -0.125. The van der Waals surface area contributed by atoms with E-state index in [4.69, 9.17) is 0 Å². The van der Waals surface area contributed by atoms with Crippen LogP contribution in [0, 0.1) is 5.92 Å². The SMILES string of the molecule is O=C(O)C1CCN(C(=O)C(F)(F)F)C12CCSCC2. The van der Waals surface area contributed by atoms with Gasteiger partial charge in [0.25, 0.3) is 0 Å². The quantitative estimate of drug-likeness (QED) is 0.801. The largest absolute Gasteiger partial charge is 0.481 e. The Kier molecular flexibility index (Phi) is 3.72. The average Bonchev–Trinajstić information content (AvgIpc) is 2.66. The highest BCUT2D eigenvalue weighted by Crippen LogP contribution is 2.46. The zero-order chi connectivity index (χ0) is 14.3. The molecule has 8 heteroatoms. The van der Waals surface area contributed by atoms with Crippen LogP contribution in [-0.2, 0) is 9.59 Å². The van der Waals surface area contributed by atoms with Gasteiger partial charge in [-0.2, -0.15) is 24.9 Å². The van der Waals surface area contributed by atoms with Crippen LogP contribution >= 0.6 is 11.8 Å². The Hall–Kier alpha value is -0.920. The highest BCUT2D eigenvalue weighted by molar-refractivity contribution is 7.99. The number of hydrogen-bond acceptors (Lipinski definition) is 3. The van der Waals surface area contributed by atoms with Gasteiger partial charge in [-0.15, -0.1) is 0 Å². The van der Waals surface area contributed by atoms with Crippen LogP contribution in [0.3, 0.4) is 0 Å². The van der Waals surface area contributed by atoms with Crippen molar-refractivity contribution in [3.63, 3.8) is 0 Å². The maximum absolute atomic E-state index is 12.6. The number of carboxylic acid groups (broad SMARTS) is 1. The second kappa shape index (κ2) is 4.88. The summed E-state index contributed by atoms with van der Waals surface area (Å²) in [6.07, 6.45) is -4.21. The molecule has 0 aromatic heterocycles. The molecule has 2 saturated heterocycles. The van der Waals surface area contributed by atoms with Crippen molar-refractivity contribution in [3.8, 4) is 0 Å². The molecule has 2 aliphatic heterocycles. The first-order valence-corrected chi connectivity index (χ1v) is 7.14. The maximum atomic E-state index is 12.6. The highest BCUT2D eigenvalue weighted by atomic mass is 32.2. The van der Waals surface area contributed by atoms with E-state index in [0.29, 0.717) is 24.3 Å². The van der Waals surface area contributed by atoms with Crippen molar-refractivity contribution >= 4 is 23.6 Å². The molecule has 4 nitrogen and oxygen atoms in total. The third kappa shape index (κ3) is 2.42. The summed E-state index contributed by atoms with van der Waals surface area (Å²) in [7, 11) is 0. The smallest absolute Gasteiger partial charge is 0.471 e. The molecule has 108 valence electrons. The second-order valence-electron chi connectivity index (χ2n) is 4.85. The van der Waals surface area contributed by atoms with Gasteiger partial charge in [-0.05, 0) is 30.8 Å². The van der Waals surface area contributed by atoms with E-state index >= 15 is 0 Å². The molecule has 0 aliphatic carbocycles. The van der Waals surface area contributed by atoms with Crippen LogP contribution in [0.5, 0.6) is 0 Å². The number of carbonyl (C=O) groups excluding carboxylic acids is 1. The minimum Gasteiger partial charge on any atom is -0.481 e. The fourth-order valence-corrected chi connectivity index (χ4v) is 4.29. The Morgan fingerprint density at radius 1 is 1.26 bits per heavy atom. The highest BCUT2D eigenvalue weighted by Gasteiger charge is 2.58. The topological polar surface area (TPSA) is 57.6 Å². The van der Waals surface area contributed by atoms with Gasteiger partial charge in [0.2, 0.25) is 0 Å². The summed E-state index contributed by atoms with van der Waals surface area (Å²) < 4.78 is 37.9. The fourth-order valence-electron chi connectivity index (χ4n) is 3.09. The lowest BCUT2D eigenvalue weighted by atomic mass is 9.79. The third-order valence-corrected chi connectivity index (χ3v) is 4.96. The van der Waals surface area contributed by atoms with Gasteiger partial charge in [0.1, 0.15) is 0 Å². The molecule has 1 atom stereocenters. The molecular formula is C11H14F3NO3S. The molecule has 0 saturated carbocycles. The molecule has 2 heterocycles. The third-order valence-electron chi connectivity index (χ3n) is 3.97. The second-order valence-corrected chi connectivity index (χ2v) is 6.07. The van der Waals surface area contributed by atoms with Crippen molar-refractivity contribution in [2.45, 2.75) is 31.0 Å². The Bertz CT molecular complexity index is 393. The lowest BCUT2D eigenvalue weighted by Gasteiger charge is -2.43. The number of alkyl halides is 3. The molecule has 1 spiro atoms. The van der Waals surface area contributed by atoms with E-state index in [1.165, 1.54) is 0 Å². The van der Waals surface area contributed by atoms with Gasteiger partial charge in [-0.25, -0.2) is 0 Å². The Labute approximate surface area is 112 Å². The maximum Gasteiger partial charge on any atom is 0.471 e. The Morgan fingerprint density at radius 3 is 2.32 bits per heavy atom. The van der Waals surface area contributed by atoms with Crippen LogP contribution in [0.4, 0.5) is 13.2 Å². The van der Waals surface area contributed by atoms with Gasteiger partial charge in [0, 0.05) is 6.54 Å². The van der Waals surface area contributed by atoms with Gasteiger partial charge >= 0.3 is 18.1 Å². The number of thioether (sulfide) groups is 1. The number of likely N-dealkylation sites (tertiary alicyclic amines) is 1. The monoisotopic (exact) mass is 297 g/mol. The molecule has 2 fully saturated rings. The fraction of sp³-hybridized carbons (Fsp3) is 0.818. The number of rotatable bonds is 1. The number of carboxylic acids is 1. The van der Waals surface area contributed by atoms with Crippen LogP contribution in [0.15, 0.2) is 0 Å². The summed E-state index contributed by atoms with van der Waals surface area (Å²) in [5.41, 5.74) is -1.15. The molecule has 0 bridgehead atoms. The summed E-state index contributed by atoms with van der Waals surface area (Å²) in [4.78, 5) is 23.5. The van der Waals surface area contributed by atoms with E-state index in [0.717, 1.165) is 4.90 Å². The number of aliphatic carboxylic acids is 1. The van der Waals surface area contributed by atoms with E-state index in [-0.39, 0.29) is 13.0 Å². The minimum atomic E-state index is -4.94. The first-order chi connectivity index (χ1) is 8.79. The Morgan fingerprint density at radius 2 is 1.84 bits per heavy atom. The molecule has 1 amide bonds. The summed E-state index contributed by atoms with van der Waals surface area (Å²) in [5.74, 6) is -2.72. The normalized spacial score (nSPS) is 26.7. The van der Waals surface area contributed by atoms with E-state index in [1.807, 2.05) is 0 Å². The number of halogens is 3. The predicted octanol–water partition coefficient (Wildman–Crippen LogP) is 1.75. The molecule has 0 radical (unpaired) electrons. The molecule has 2 aliphatic rings. The standard InChI is InChI=1S/C11H14F3NO3S/c12-11(13,14)9(18)15-4-1-7(8(16)17)10(15)2-5-19-6-3-10/h7H,1-6H2,(H,16,17). The van der Waals surface area contributed by atoms with E-state index in [1.54, 1.807) is 11.8 Å². The van der Waals surface area contributed by atoms with Crippen LogP contribution < -0.4 is 0 Å². The molecule has 2 rings (SSSR count). The summed E-state index contributed by atoms with van der Waals surface area (Å²) in [6, 6.07) is 0. The number of nitrogens with zero attached hydrogens (tertiary/aromatic N) is 1. The average molecular weight is 297 g/mol. The summed E-state index contributed by atoms with van der Waals surface area (Å²) in [5, 5.41) is 9.21. The molecule has 1 N–H and O–H groups in total. The minimum absolute atomic E-state index is 0.0990. The number of carbonyl (C=O) groups is 2. The van der Waals surface area contributed by atoms with Crippen LogP contribution in [0.25, 0.3) is 0 Å². The van der Waals surface area contributed by atoms with Crippen molar-refractivity contribution in [2.24, 2.45) is 5.92 Å². The zero-order valence-electron chi connectivity index (χ0n) is 10.1. The van der Waals surface area contributed by atoms with Crippen molar-refractivity contribution in [1.29, 1.82) is 0 Å². The van der Waals surface area contributed by atoms with Crippen molar-refractivity contribution in [1.82, 2.24) is 4.90 Å². The molecule has 0 aromatic rings. The lowest BCUT2D eigenvalue weighted by molar-refractivity contribution is -0.191. The van der Waals surface area contributed by atoms with Crippen LogP contribution in [-0.4, -0.2) is 51.6 Å². The van der Waals surface area contributed by atoms with Crippen molar-refractivity contribution < 1.29 is 27.9 Å². The van der Waals surface area contributed by atoms with Crippen molar-refractivity contribution in [2.75, 3.05) is 18.1 Å². The van der Waals surface area contributed by atoms with Gasteiger partial charge in [-0.1, -0.05) is 0 Å². The van der Waals surface area contributed by atoms with E-state index in [2.05, 4.69) is 0 Å². The zero-order valence-corrected chi connectivity index (χ0v) is 10.9. The summed E-state index contributed by atoms with van der Waals surface area (Å²) >= 11 is 1.58. The Balaban J connectivity index is 2.33. The van der Waals surface area contributed by atoms with Crippen molar-refractivity contribution in [3.05, 3.63) is 0 Å². The van der Waals surface area contributed by atoms with Crippen LogP contribution in [0.2, 0.25) is 0 Å². The first kappa shape index (κ1) is 14.5. The first-order valence-electron chi connectivity index (χ1n) is 5.98. The van der Waals surface area contributed by atoms with Gasteiger partial charge < -0.3 is 10.0 Å². The van der Waals surface area contributed by atoms with E-state index < -0.39 is 29.5 Å². The van der Waals surface area contributed by atoms with Gasteiger partial charge in [0.15, 0.2) is 0 Å². The van der Waals surface area contributed by atoms with Gasteiger partial charge in [-0.3, -0.25) is 9.59 Å². The van der Waals surface area contributed by atoms with Crippen LogP contribution in [0.1, 0.15) is 19.3 Å². The predicted molar refractivity (Wildman–Crippen MR) is 62.8 cm³/mol. The molecule has 1 unspecified atom stereocenters. The molecule has 0 aromatic carbocycles. The van der Waals surface area contributed by atoms with Gasteiger partial charge in [0.05, 0.1) is 11.5 Å². The molecule has 19 heavy (non-hydrogen) atoms. The number of amides is 1. The van der Waals surface area contributed by atoms with E-state index in [9.17, 15) is 27.9 Å².